The fraction of sp³-hybridized carbons (Fsp3) is 0.154. The Labute approximate surface area is 190 Å². The highest BCUT2D eigenvalue weighted by molar-refractivity contribution is 5.95. The maximum atomic E-state index is 14.7. The number of hydrogen-bond acceptors (Lipinski definition) is 5. The van der Waals surface area contributed by atoms with E-state index < -0.39 is 0 Å². The van der Waals surface area contributed by atoms with Gasteiger partial charge in [-0.1, -0.05) is 11.6 Å². The first-order valence-corrected chi connectivity index (χ1v) is 10.6. The molecule has 33 heavy (non-hydrogen) atoms. The lowest BCUT2D eigenvalue weighted by atomic mass is 9.98. The van der Waals surface area contributed by atoms with Crippen LogP contribution in [0.25, 0.3) is 44.5 Å². The van der Waals surface area contributed by atoms with Gasteiger partial charge in [0, 0.05) is 59.5 Å². The van der Waals surface area contributed by atoms with E-state index in [0.717, 1.165) is 33.2 Å². The van der Waals surface area contributed by atoms with E-state index in [1.54, 1.807) is 31.6 Å². The quantitative estimate of drug-likeness (QED) is 0.358. The maximum absolute atomic E-state index is 14.7. The molecule has 0 saturated heterocycles. The normalized spacial score (nSPS) is 11.2. The van der Waals surface area contributed by atoms with Crippen molar-refractivity contribution < 1.29 is 9.13 Å². The molecule has 0 aliphatic heterocycles. The molecule has 0 spiro atoms. The molecule has 0 aliphatic carbocycles. The Balaban J connectivity index is 1.63. The van der Waals surface area contributed by atoms with Crippen LogP contribution in [0.2, 0.25) is 0 Å². The van der Waals surface area contributed by atoms with E-state index in [4.69, 9.17) is 4.74 Å². The van der Waals surface area contributed by atoms with Crippen LogP contribution in [-0.4, -0.2) is 38.4 Å². The summed E-state index contributed by atoms with van der Waals surface area (Å²) < 4.78 is 21.6. The van der Waals surface area contributed by atoms with Gasteiger partial charge in [-0.05, 0) is 48.9 Å². The summed E-state index contributed by atoms with van der Waals surface area (Å²) in [7, 11) is 1.67. The Kier molecular flexibility index (Phi) is 5.62. The Hall–Kier alpha value is -3.97. The largest absolute Gasteiger partial charge is 0.383 e. The van der Waals surface area contributed by atoms with E-state index in [1.807, 2.05) is 48.4 Å². The standard InChI is InChI=1S/C26H22FN5O/c1-17-5-6-24(27)23(10-17)25-12-22(21-4-3-7-29-26(21)31-25)19-11-18(13-28-14-19)20-15-30-32(16-20)8-9-33-2/h3-7,10-16H,8-9H2,1-2H3. The van der Waals surface area contributed by atoms with E-state index in [2.05, 4.69) is 26.1 Å². The molecule has 5 aromatic rings. The van der Waals surface area contributed by atoms with Crippen LogP contribution in [0.3, 0.4) is 0 Å². The summed E-state index contributed by atoms with van der Waals surface area (Å²) in [6.07, 6.45) is 9.09. The summed E-state index contributed by atoms with van der Waals surface area (Å²) in [4.78, 5) is 13.6. The minimum absolute atomic E-state index is 0.315. The number of ether oxygens (including phenoxy) is 1. The summed E-state index contributed by atoms with van der Waals surface area (Å²) in [5.74, 6) is -0.315. The Morgan fingerprint density at radius 3 is 2.73 bits per heavy atom. The number of methoxy groups -OCH3 is 1. The molecule has 7 heteroatoms. The number of halogens is 1. The topological polar surface area (TPSA) is 65.7 Å². The third kappa shape index (κ3) is 4.23. The predicted molar refractivity (Wildman–Crippen MR) is 126 cm³/mol. The zero-order chi connectivity index (χ0) is 22.8. The van der Waals surface area contributed by atoms with Crippen LogP contribution in [0.15, 0.2) is 73.4 Å². The van der Waals surface area contributed by atoms with Crippen LogP contribution >= 0.6 is 0 Å². The molecular formula is C26H22FN5O. The SMILES string of the molecule is COCCn1cc(-c2cncc(-c3cc(-c4cc(C)ccc4F)nc4ncccc34)c2)cn1. The van der Waals surface area contributed by atoms with Crippen LogP contribution in [0.4, 0.5) is 4.39 Å². The minimum atomic E-state index is -0.315. The second kappa shape index (κ2) is 8.88. The van der Waals surface area contributed by atoms with Gasteiger partial charge >= 0.3 is 0 Å². The molecular weight excluding hydrogens is 417 g/mol. The van der Waals surface area contributed by atoms with Gasteiger partial charge in [-0.2, -0.15) is 5.10 Å². The van der Waals surface area contributed by atoms with Gasteiger partial charge in [-0.3, -0.25) is 9.67 Å². The number of rotatable bonds is 6. The monoisotopic (exact) mass is 439 g/mol. The average Bonchev–Trinajstić information content (AvgIpc) is 3.33. The van der Waals surface area contributed by atoms with Gasteiger partial charge in [0.1, 0.15) is 5.82 Å². The first kappa shape index (κ1) is 20.9. The Bertz CT molecular complexity index is 1450. The first-order valence-electron chi connectivity index (χ1n) is 10.6. The number of fused-ring (bicyclic) bond motifs is 1. The number of benzene rings is 1. The van der Waals surface area contributed by atoms with E-state index in [0.29, 0.717) is 30.1 Å². The first-order chi connectivity index (χ1) is 16.1. The lowest BCUT2D eigenvalue weighted by Crippen LogP contribution is -2.03. The second-order valence-corrected chi connectivity index (χ2v) is 7.86. The van der Waals surface area contributed by atoms with Crippen molar-refractivity contribution in [2.45, 2.75) is 13.5 Å². The van der Waals surface area contributed by atoms with Gasteiger partial charge in [0.25, 0.3) is 0 Å². The molecule has 0 fully saturated rings. The fourth-order valence-electron chi connectivity index (χ4n) is 3.83. The molecule has 0 amide bonds. The van der Waals surface area contributed by atoms with Gasteiger partial charge in [0.05, 0.1) is 25.0 Å². The third-order valence-electron chi connectivity index (χ3n) is 5.52. The van der Waals surface area contributed by atoms with Crippen LogP contribution in [0.1, 0.15) is 5.56 Å². The highest BCUT2D eigenvalue weighted by atomic mass is 19.1. The number of aromatic nitrogens is 5. The highest BCUT2D eigenvalue weighted by Crippen LogP contribution is 2.34. The van der Waals surface area contributed by atoms with Gasteiger partial charge in [-0.25, -0.2) is 14.4 Å². The summed E-state index contributed by atoms with van der Waals surface area (Å²) >= 11 is 0. The number of aryl methyl sites for hydroxylation is 1. The number of pyridine rings is 3. The summed E-state index contributed by atoms with van der Waals surface area (Å²) in [6.45, 7) is 3.20. The molecule has 0 unspecified atom stereocenters. The summed E-state index contributed by atoms with van der Waals surface area (Å²) in [5, 5.41) is 5.28. The minimum Gasteiger partial charge on any atom is -0.383 e. The lowest BCUT2D eigenvalue weighted by Gasteiger charge is -2.11. The van der Waals surface area contributed by atoms with Crippen molar-refractivity contribution in [1.82, 2.24) is 24.7 Å². The average molecular weight is 439 g/mol. The number of hydrogen-bond donors (Lipinski definition) is 0. The lowest BCUT2D eigenvalue weighted by molar-refractivity contribution is 0.183. The van der Waals surface area contributed by atoms with Crippen molar-refractivity contribution >= 4 is 11.0 Å². The fourth-order valence-corrected chi connectivity index (χ4v) is 3.83. The molecule has 0 N–H and O–H groups in total. The molecule has 164 valence electrons. The van der Waals surface area contributed by atoms with Gasteiger partial charge in [0.15, 0.2) is 5.65 Å². The van der Waals surface area contributed by atoms with E-state index in [-0.39, 0.29) is 5.82 Å². The molecule has 0 bridgehead atoms. The predicted octanol–water partition coefficient (Wildman–Crippen LogP) is 5.32. The molecule has 0 atom stereocenters. The maximum Gasteiger partial charge on any atom is 0.160 e. The zero-order valence-electron chi connectivity index (χ0n) is 18.4. The molecule has 0 aliphatic rings. The zero-order valence-corrected chi connectivity index (χ0v) is 18.4. The Morgan fingerprint density at radius 1 is 0.970 bits per heavy atom. The van der Waals surface area contributed by atoms with Crippen LogP contribution in [0.5, 0.6) is 0 Å². The van der Waals surface area contributed by atoms with Crippen molar-refractivity contribution in [2.24, 2.45) is 0 Å². The highest BCUT2D eigenvalue weighted by Gasteiger charge is 2.14. The van der Waals surface area contributed by atoms with Crippen molar-refractivity contribution in [3.63, 3.8) is 0 Å². The molecule has 1 aromatic carbocycles. The summed E-state index contributed by atoms with van der Waals surface area (Å²) in [5.41, 5.74) is 6.20. The summed E-state index contributed by atoms with van der Waals surface area (Å²) in [6, 6.07) is 12.8. The second-order valence-electron chi connectivity index (χ2n) is 7.86. The molecule has 4 heterocycles. The van der Waals surface area contributed by atoms with Crippen molar-refractivity contribution in [1.29, 1.82) is 0 Å². The van der Waals surface area contributed by atoms with Crippen LogP contribution < -0.4 is 0 Å². The third-order valence-corrected chi connectivity index (χ3v) is 5.52. The van der Waals surface area contributed by atoms with Crippen LogP contribution in [-0.2, 0) is 11.3 Å². The number of nitrogens with zero attached hydrogens (tertiary/aromatic N) is 5. The molecule has 6 nitrogen and oxygen atoms in total. The van der Waals surface area contributed by atoms with Crippen molar-refractivity contribution in [3.8, 4) is 33.5 Å². The van der Waals surface area contributed by atoms with Crippen LogP contribution in [0, 0.1) is 12.7 Å². The Morgan fingerprint density at radius 2 is 1.85 bits per heavy atom. The van der Waals surface area contributed by atoms with E-state index in [1.165, 1.54) is 6.07 Å². The van der Waals surface area contributed by atoms with E-state index >= 15 is 0 Å². The molecule has 5 rings (SSSR count). The van der Waals surface area contributed by atoms with E-state index in [9.17, 15) is 4.39 Å². The smallest absolute Gasteiger partial charge is 0.160 e. The van der Waals surface area contributed by atoms with Crippen molar-refractivity contribution in [2.75, 3.05) is 13.7 Å². The molecule has 0 saturated carbocycles. The molecule has 4 aromatic heterocycles. The van der Waals surface area contributed by atoms with Gasteiger partial charge in [0.2, 0.25) is 0 Å². The molecule has 0 radical (unpaired) electrons. The van der Waals surface area contributed by atoms with Gasteiger partial charge in [-0.15, -0.1) is 0 Å². The van der Waals surface area contributed by atoms with Gasteiger partial charge < -0.3 is 4.74 Å². The van der Waals surface area contributed by atoms with Crippen molar-refractivity contribution in [3.05, 3.63) is 84.8 Å².